The predicted molar refractivity (Wildman–Crippen MR) is 97.1 cm³/mol. The molecule has 0 aromatic carbocycles. The molecule has 2 aliphatic heterocycles. The fraction of sp³-hybridized carbons (Fsp3) is 0.684. The summed E-state index contributed by atoms with van der Waals surface area (Å²) in [6.45, 7) is 6.81. The smallest absolute Gasteiger partial charge is 0.249 e. The molecule has 0 radical (unpaired) electrons. The largest absolute Gasteiger partial charge is 0.381 e. The van der Waals surface area contributed by atoms with Crippen molar-refractivity contribution >= 4 is 5.91 Å². The van der Waals surface area contributed by atoms with Gasteiger partial charge >= 0.3 is 0 Å². The molecule has 2 fully saturated rings. The van der Waals surface area contributed by atoms with E-state index in [1.54, 1.807) is 0 Å². The Hall–Kier alpha value is -2.22. The summed E-state index contributed by atoms with van der Waals surface area (Å²) in [5, 5.41) is 8.63. The summed E-state index contributed by atoms with van der Waals surface area (Å²) in [6, 6.07) is 1.93. The Labute approximate surface area is 158 Å². The van der Waals surface area contributed by atoms with Crippen LogP contribution >= 0.6 is 0 Å². The number of hydrogen-bond acceptors (Lipinski definition) is 6. The van der Waals surface area contributed by atoms with Gasteiger partial charge in [-0.05, 0) is 45.6 Å². The molecule has 146 valence electrons. The molecule has 1 unspecified atom stereocenters. The third kappa shape index (κ3) is 3.90. The summed E-state index contributed by atoms with van der Waals surface area (Å²) in [4.78, 5) is 19.3. The molecule has 2 saturated heterocycles. The Bertz CT molecular complexity index is 793. The lowest BCUT2D eigenvalue weighted by Gasteiger charge is -2.22. The van der Waals surface area contributed by atoms with E-state index in [9.17, 15) is 4.79 Å². The Kier molecular flexibility index (Phi) is 5.24. The first-order valence-electron chi connectivity index (χ1n) is 9.83. The zero-order valence-corrected chi connectivity index (χ0v) is 16.1. The van der Waals surface area contributed by atoms with Crippen LogP contribution in [0.2, 0.25) is 0 Å². The van der Waals surface area contributed by atoms with Crippen molar-refractivity contribution in [3.63, 3.8) is 0 Å². The average Bonchev–Trinajstić information content (AvgIpc) is 3.40. The van der Waals surface area contributed by atoms with Crippen LogP contribution in [0.1, 0.15) is 67.2 Å². The van der Waals surface area contributed by atoms with Crippen LogP contribution in [-0.4, -0.2) is 50.5 Å². The van der Waals surface area contributed by atoms with Crippen molar-refractivity contribution in [3.05, 3.63) is 29.2 Å². The second-order valence-corrected chi connectivity index (χ2v) is 7.52. The molecule has 4 heterocycles. The monoisotopic (exact) mass is 373 g/mol. The third-order valence-electron chi connectivity index (χ3n) is 5.54. The molecule has 2 aliphatic rings. The number of nitrogens with zero attached hydrogens (tertiary/aromatic N) is 5. The topological polar surface area (TPSA) is 86.3 Å². The lowest BCUT2D eigenvalue weighted by Crippen LogP contribution is -2.31. The first kappa shape index (κ1) is 18.2. The highest BCUT2D eigenvalue weighted by molar-refractivity contribution is 5.76. The molecule has 0 aliphatic carbocycles. The van der Waals surface area contributed by atoms with Crippen molar-refractivity contribution in [1.82, 2.24) is 24.8 Å². The standard InChI is InChI=1S/C19H27N5O3/c1-13-12-14(2)24(21-13)9-5-17(25)23-8-3-4-16(23)19-20-18(22-27-19)15-6-10-26-11-7-15/h12,15-16H,3-11H2,1-2H3. The molecule has 8 heteroatoms. The van der Waals surface area contributed by atoms with Crippen LogP contribution < -0.4 is 0 Å². The minimum atomic E-state index is -0.0981. The van der Waals surface area contributed by atoms with E-state index < -0.39 is 0 Å². The van der Waals surface area contributed by atoms with Gasteiger partial charge in [0.15, 0.2) is 5.82 Å². The van der Waals surface area contributed by atoms with Gasteiger partial charge in [0.1, 0.15) is 6.04 Å². The molecule has 1 atom stereocenters. The lowest BCUT2D eigenvalue weighted by molar-refractivity contribution is -0.132. The number of rotatable bonds is 5. The van der Waals surface area contributed by atoms with Crippen LogP contribution in [0.25, 0.3) is 0 Å². The number of hydrogen-bond donors (Lipinski definition) is 0. The maximum Gasteiger partial charge on any atom is 0.249 e. The lowest BCUT2D eigenvalue weighted by atomic mass is 10.00. The normalized spacial score (nSPS) is 21.1. The molecule has 0 N–H and O–H groups in total. The van der Waals surface area contributed by atoms with Crippen molar-refractivity contribution < 1.29 is 14.1 Å². The van der Waals surface area contributed by atoms with Gasteiger partial charge < -0.3 is 14.2 Å². The van der Waals surface area contributed by atoms with Gasteiger partial charge in [0.2, 0.25) is 11.8 Å². The number of aromatic nitrogens is 4. The quantitative estimate of drug-likeness (QED) is 0.800. The zero-order valence-electron chi connectivity index (χ0n) is 16.1. The molecule has 2 aromatic rings. The van der Waals surface area contributed by atoms with Gasteiger partial charge in [0.25, 0.3) is 0 Å². The van der Waals surface area contributed by atoms with Crippen LogP contribution in [0.4, 0.5) is 0 Å². The Balaban J connectivity index is 1.40. The molecule has 2 aromatic heterocycles. The second kappa shape index (κ2) is 7.80. The first-order valence-corrected chi connectivity index (χ1v) is 9.83. The number of carbonyl (C=O) groups is 1. The summed E-state index contributed by atoms with van der Waals surface area (Å²) in [6.07, 6.45) is 4.12. The fourth-order valence-electron chi connectivity index (χ4n) is 4.07. The minimum Gasteiger partial charge on any atom is -0.381 e. The van der Waals surface area contributed by atoms with Gasteiger partial charge in [-0.15, -0.1) is 0 Å². The zero-order chi connectivity index (χ0) is 18.8. The number of carbonyl (C=O) groups excluding carboxylic acids is 1. The molecule has 0 spiro atoms. The Morgan fingerprint density at radius 3 is 2.81 bits per heavy atom. The Morgan fingerprint density at radius 2 is 2.07 bits per heavy atom. The molecule has 8 nitrogen and oxygen atoms in total. The minimum absolute atomic E-state index is 0.0981. The van der Waals surface area contributed by atoms with Crippen molar-refractivity contribution in [1.29, 1.82) is 0 Å². The molecule has 27 heavy (non-hydrogen) atoms. The SMILES string of the molecule is Cc1cc(C)n(CCC(=O)N2CCCC2c2nc(C3CCOCC3)no2)n1. The summed E-state index contributed by atoms with van der Waals surface area (Å²) < 4.78 is 12.9. The van der Waals surface area contributed by atoms with E-state index in [1.807, 2.05) is 29.5 Å². The average molecular weight is 373 g/mol. The van der Waals surface area contributed by atoms with Gasteiger partial charge in [-0.3, -0.25) is 9.48 Å². The predicted octanol–water partition coefficient (Wildman–Crippen LogP) is 2.53. The van der Waals surface area contributed by atoms with Gasteiger partial charge in [-0.25, -0.2) is 0 Å². The highest BCUT2D eigenvalue weighted by Gasteiger charge is 2.34. The maximum atomic E-state index is 12.8. The number of aryl methyl sites for hydroxylation is 3. The summed E-state index contributed by atoms with van der Waals surface area (Å²) in [5.41, 5.74) is 2.06. The van der Waals surface area contributed by atoms with Crippen molar-refractivity contribution in [2.45, 2.75) is 64.5 Å². The number of ether oxygens (including phenoxy) is 1. The molecule has 1 amide bonds. The summed E-state index contributed by atoms with van der Waals surface area (Å²) in [7, 11) is 0. The first-order chi connectivity index (χ1) is 13.1. The fourth-order valence-corrected chi connectivity index (χ4v) is 4.07. The van der Waals surface area contributed by atoms with Crippen molar-refractivity contribution in [3.8, 4) is 0 Å². The van der Waals surface area contributed by atoms with E-state index in [0.29, 0.717) is 24.8 Å². The van der Waals surface area contributed by atoms with Crippen LogP contribution in [0.5, 0.6) is 0 Å². The maximum absolute atomic E-state index is 12.8. The van der Waals surface area contributed by atoms with Gasteiger partial charge in [0, 0.05) is 44.3 Å². The highest BCUT2D eigenvalue weighted by atomic mass is 16.5. The number of likely N-dealkylation sites (tertiary alicyclic amines) is 1. The molecular weight excluding hydrogens is 346 g/mol. The molecule has 4 rings (SSSR count). The molecular formula is C19H27N5O3. The molecule has 0 saturated carbocycles. The van der Waals surface area contributed by atoms with Gasteiger partial charge in [-0.1, -0.05) is 5.16 Å². The number of amides is 1. The van der Waals surface area contributed by atoms with Crippen LogP contribution in [0.15, 0.2) is 10.6 Å². The van der Waals surface area contributed by atoms with E-state index in [-0.39, 0.29) is 11.9 Å². The van der Waals surface area contributed by atoms with Crippen molar-refractivity contribution in [2.24, 2.45) is 0 Å². The van der Waals surface area contributed by atoms with Gasteiger partial charge in [0.05, 0.1) is 5.69 Å². The van der Waals surface area contributed by atoms with Crippen molar-refractivity contribution in [2.75, 3.05) is 19.8 Å². The van der Waals surface area contributed by atoms with E-state index in [0.717, 1.165) is 62.7 Å². The van der Waals surface area contributed by atoms with E-state index in [4.69, 9.17) is 9.26 Å². The van der Waals surface area contributed by atoms with Crippen LogP contribution in [0, 0.1) is 13.8 Å². The Morgan fingerprint density at radius 1 is 1.26 bits per heavy atom. The highest BCUT2D eigenvalue weighted by Crippen LogP contribution is 2.33. The van der Waals surface area contributed by atoms with Gasteiger partial charge in [-0.2, -0.15) is 10.1 Å². The van der Waals surface area contributed by atoms with Crippen LogP contribution in [-0.2, 0) is 16.1 Å². The summed E-state index contributed by atoms with van der Waals surface area (Å²) in [5.74, 6) is 1.76. The second-order valence-electron chi connectivity index (χ2n) is 7.52. The van der Waals surface area contributed by atoms with E-state index in [1.165, 1.54) is 0 Å². The van der Waals surface area contributed by atoms with E-state index >= 15 is 0 Å². The van der Waals surface area contributed by atoms with Crippen LogP contribution in [0.3, 0.4) is 0 Å². The summed E-state index contributed by atoms with van der Waals surface area (Å²) >= 11 is 0. The van der Waals surface area contributed by atoms with E-state index in [2.05, 4.69) is 15.2 Å². The third-order valence-corrected chi connectivity index (χ3v) is 5.54. The molecule has 0 bridgehead atoms.